The van der Waals surface area contributed by atoms with Crippen LogP contribution in [0.25, 0.3) is 0 Å². The van der Waals surface area contributed by atoms with E-state index in [-0.39, 0.29) is 5.78 Å². The van der Waals surface area contributed by atoms with Crippen LogP contribution in [0.3, 0.4) is 0 Å². The van der Waals surface area contributed by atoms with E-state index >= 15 is 0 Å². The van der Waals surface area contributed by atoms with Crippen molar-refractivity contribution in [3.05, 3.63) is 93.2 Å². The van der Waals surface area contributed by atoms with Gasteiger partial charge >= 0.3 is 5.97 Å². The summed E-state index contributed by atoms with van der Waals surface area (Å²) in [5, 5.41) is 1.75. The van der Waals surface area contributed by atoms with Crippen LogP contribution in [0.15, 0.2) is 66.0 Å². The highest BCUT2D eigenvalue weighted by Crippen LogP contribution is 2.69. The van der Waals surface area contributed by atoms with Gasteiger partial charge in [0.05, 0.1) is 16.7 Å². The first-order valence-electron chi connectivity index (χ1n) is 11.4. The normalized spacial score (nSPS) is 28.4. The summed E-state index contributed by atoms with van der Waals surface area (Å²) >= 11 is 16.0. The summed E-state index contributed by atoms with van der Waals surface area (Å²) in [6, 6.07) is 16.7. The Labute approximate surface area is 220 Å². The molecule has 9 heteroatoms. The summed E-state index contributed by atoms with van der Waals surface area (Å²) in [6.45, 7) is 0.928. The number of Topliss-reactive ketones (excluding diaryl/α,β-unsaturated/α-hetero) is 1. The second kappa shape index (κ2) is 8.00. The number of thiophene rings is 1. The van der Waals surface area contributed by atoms with E-state index in [1.165, 1.54) is 18.3 Å². The molecule has 4 aliphatic rings. The number of rotatable bonds is 5. The van der Waals surface area contributed by atoms with E-state index in [4.69, 9.17) is 27.9 Å². The molecule has 2 bridgehead atoms. The number of hydrogen-bond acceptors (Lipinski definition) is 6. The summed E-state index contributed by atoms with van der Waals surface area (Å²) in [5.41, 5.74) is 2.73. The molecule has 6 nitrogen and oxygen atoms in total. The molecule has 2 amide bonds. The summed E-state index contributed by atoms with van der Waals surface area (Å²) in [4.78, 5) is 51.6. The van der Waals surface area contributed by atoms with Gasteiger partial charge in [0.25, 0.3) is 0 Å². The van der Waals surface area contributed by atoms with E-state index in [0.29, 0.717) is 27.1 Å². The highest BCUT2D eigenvalue weighted by molar-refractivity contribution is 7.12. The number of ether oxygens (including phenoxy) is 1. The van der Waals surface area contributed by atoms with Crippen molar-refractivity contribution in [3.8, 4) is 0 Å². The lowest BCUT2D eigenvalue weighted by Crippen LogP contribution is -2.57. The minimum atomic E-state index is -1.32. The second-order valence-electron chi connectivity index (χ2n) is 9.20. The van der Waals surface area contributed by atoms with E-state index in [0.717, 1.165) is 4.90 Å². The molecule has 1 aliphatic heterocycles. The molecule has 0 spiro atoms. The van der Waals surface area contributed by atoms with Gasteiger partial charge in [0.2, 0.25) is 17.6 Å². The van der Waals surface area contributed by atoms with Gasteiger partial charge in [-0.2, -0.15) is 0 Å². The largest absolute Gasteiger partial charge is 0.456 e. The highest BCUT2D eigenvalue weighted by atomic mass is 35.5. The van der Waals surface area contributed by atoms with E-state index < -0.39 is 52.0 Å². The maximum Gasteiger partial charge on any atom is 0.329 e. The number of benzene rings is 2. The highest BCUT2D eigenvalue weighted by Gasteiger charge is 2.73. The Morgan fingerprint density at radius 3 is 1.78 bits per heavy atom. The molecule has 2 aromatic carbocycles. The van der Waals surface area contributed by atoms with Crippen LogP contribution in [-0.2, 0) is 28.9 Å². The van der Waals surface area contributed by atoms with Crippen LogP contribution in [0.2, 0.25) is 0 Å². The number of likely N-dealkylation sites (tertiary alicyclic amines) is 1. The zero-order valence-electron chi connectivity index (χ0n) is 18.9. The van der Waals surface area contributed by atoms with Crippen molar-refractivity contribution in [1.82, 2.24) is 4.90 Å². The lowest BCUT2D eigenvalue weighted by Gasteiger charge is -2.54. The van der Waals surface area contributed by atoms with Gasteiger partial charge < -0.3 is 4.74 Å². The van der Waals surface area contributed by atoms with Crippen molar-refractivity contribution in [2.24, 2.45) is 11.8 Å². The maximum atomic E-state index is 13.9. The average Bonchev–Trinajstić information content (AvgIpc) is 3.52. The first-order chi connectivity index (χ1) is 17.2. The minimum Gasteiger partial charge on any atom is -0.456 e. The van der Waals surface area contributed by atoms with Crippen LogP contribution in [-0.4, -0.2) is 41.1 Å². The Bertz CT molecular complexity index is 1330. The number of nitrogens with zero attached hydrogens (tertiary/aromatic N) is 1. The fourth-order valence-corrected chi connectivity index (χ4v) is 7.69. The van der Waals surface area contributed by atoms with Gasteiger partial charge in [0.1, 0.15) is 15.8 Å². The smallest absolute Gasteiger partial charge is 0.329 e. The van der Waals surface area contributed by atoms with E-state index in [1.54, 1.807) is 17.5 Å². The topological polar surface area (TPSA) is 80.8 Å². The predicted molar refractivity (Wildman–Crippen MR) is 134 cm³/mol. The first-order valence-corrected chi connectivity index (χ1v) is 13.0. The Balaban J connectivity index is 1.37. The Morgan fingerprint density at radius 2 is 1.36 bits per heavy atom. The fourth-order valence-electron chi connectivity index (χ4n) is 5.94. The van der Waals surface area contributed by atoms with Crippen LogP contribution < -0.4 is 0 Å². The van der Waals surface area contributed by atoms with Crippen LogP contribution in [0.1, 0.15) is 38.8 Å². The first kappa shape index (κ1) is 23.4. The van der Waals surface area contributed by atoms with Crippen molar-refractivity contribution < 1.29 is 23.9 Å². The van der Waals surface area contributed by atoms with Gasteiger partial charge in [-0.1, -0.05) is 54.6 Å². The molecule has 36 heavy (non-hydrogen) atoms. The van der Waals surface area contributed by atoms with Crippen molar-refractivity contribution in [2.45, 2.75) is 22.7 Å². The monoisotopic (exact) mass is 539 g/mol. The summed E-state index contributed by atoms with van der Waals surface area (Å²) in [5.74, 6) is -4.38. The summed E-state index contributed by atoms with van der Waals surface area (Å²) in [6.07, 6.45) is 0. The van der Waals surface area contributed by atoms with Crippen LogP contribution in [0, 0.1) is 11.8 Å². The standard InChI is InChI=1S/C27H19Cl2NO5S/c1-14(25(34)35-13-19(31)20-11-6-12-36-20)30-23(32)21-22(24(30)33)27(29)16-8-3-2-7-15(16)26(21,28)17-9-4-5-10-18(17)27/h2-12,14,21-22H,13H2,1H3/t14-,21-,22+,26?,27?/m1/s1. The van der Waals surface area contributed by atoms with E-state index in [9.17, 15) is 19.2 Å². The third kappa shape index (κ3) is 2.85. The van der Waals surface area contributed by atoms with Crippen LogP contribution in [0.5, 0.6) is 0 Å². The van der Waals surface area contributed by atoms with Gasteiger partial charge in [0, 0.05) is 0 Å². The van der Waals surface area contributed by atoms with Gasteiger partial charge in [-0.3, -0.25) is 19.3 Å². The molecule has 3 aromatic rings. The lowest BCUT2D eigenvalue weighted by molar-refractivity contribution is -0.157. The lowest BCUT2D eigenvalue weighted by atomic mass is 9.54. The number of halogens is 2. The molecule has 1 fully saturated rings. The molecule has 1 saturated heterocycles. The minimum absolute atomic E-state index is 0.360. The Morgan fingerprint density at radius 1 is 0.889 bits per heavy atom. The maximum absolute atomic E-state index is 13.9. The molecule has 0 N–H and O–H groups in total. The molecule has 0 unspecified atom stereocenters. The molecule has 7 rings (SSSR count). The van der Waals surface area contributed by atoms with Crippen molar-refractivity contribution >= 4 is 58.1 Å². The molecule has 3 atom stereocenters. The van der Waals surface area contributed by atoms with Crippen LogP contribution in [0.4, 0.5) is 0 Å². The molecular weight excluding hydrogens is 521 g/mol. The fraction of sp³-hybridized carbons (Fsp3) is 0.259. The van der Waals surface area contributed by atoms with E-state index in [2.05, 4.69) is 0 Å². The number of carbonyl (C=O) groups excluding carboxylic acids is 4. The van der Waals surface area contributed by atoms with Crippen molar-refractivity contribution in [2.75, 3.05) is 6.61 Å². The van der Waals surface area contributed by atoms with Crippen molar-refractivity contribution in [3.63, 3.8) is 0 Å². The number of hydrogen-bond donors (Lipinski definition) is 0. The van der Waals surface area contributed by atoms with Gasteiger partial charge in [-0.15, -0.1) is 34.5 Å². The SMILES string of the molecule is C[C@H](C(=O)OCC(=O)c1cccs1)N1C(=O)[C@@H]2[C@H](C1=O)C1(Cl)c3ccccc3C2(Cl)c2ccccc21. The Hall–Kier alpha value is -3.00. The van der Waals surface area contributed by atoms with Gasteiger partial charge in [-0.25, -0.2) is 4.79 Å². The van der Waals surface area contributed by atoms with Crippen molar-refractivity contribution in [1.29, 1.82) is 0 Å². The number of imide groups is 1. The van der Waals surface area contributed by atoms with Crippen LogP contribution >= 0.6 is 34.5 Å². The summed E-state index contributed by atoms with van der Waals surface area (Å²) < 4.78 is 5.20. The molecule has 3 aliphatic carbocycles. The number of ketones is 1. The summed E-state index contributed by atoms with van der Waals surface area (Å²) in [7, 11) is 0. The quantitative estimate of drug-likeness (QED) is 0.207. The number of amides is 2. The average molecular weight is 540 g/mol. The molecule has 1 aromatic heterocycles. The van der Waals surface area contributed by atoms with Gasteiger partial charge in [-0.05, 0) is 40.6 Å². The van der Waals surface area contributed by atoms with Gasteiger partial charge in [0.15, 0.2) is 6.61 Å². The second-order valence-corrected chi connectivity index (χ2v) is 11.3. The molecule has 0 radical (unpaired) electrons. The van der Waals surface area contributed by atoms with E-state index in [1.807, 2.05) is 48.5 Å². The predicted octanol–water partition coefficient (Wildman–Crippen LogP) is 4.46. The number of carbonyl (C=O) groups is 4. The number of alkyl halides is 2. The third-order valence-electron chi connectivity index (χ3n) is 7.49. The molecule has 0 saturated carbocycles. The molecular formula is C27H19Cl2NO5S. The molecule has 182 valence electrons. The zero-order chi connectivity index (χ0) is 25.4. The Kier molecular flexibility index (Phi) is 5.20. The zero-order valence-corrected chi connectivity index (χ0v) is 21.3. The third-order valence-corrected chi connectivity index (χ3v) is 9.68. The molecule has 2 heterocycles. The number of esters is 1.